The van der Waals surface area contributed by atoms with Gasteiger partial charge in [0.25, 0.3) is 5.91 Å². The van der Waals surface area contributed by atoms with Gasteiger partial charge in [-0.1, -0.05) is 11.6 Å². The topological polar surface area (TPSA) is 86.8 Å². The van der Waals surface area contributed by atoms with E-state index in [0.717, 1.165) is 12.1 Å². The van der Waals surface area contributed by atoms with Crippen LogP contribution in [0.15, 0.2) is 36.5 Å². The summed E-state index contributed by atoms with van der Waals surface area (Å²) in [6, 6.07) is 5.94. The number of hydrogen-bond acceptors (Lipinski definition) is 5. The van der Waals surface area contributed by atoms with E-state index in [0.29, 0.717) is 37.2 Å². The minimum atomic E-state index is -4.94. The largest absolute Gasteiger partial charge is 0.573 e. The highest BCUT2D eigenvalue weighted by atomic mass is 35.5. The molecule has 0 spiro atoms. The number of benzene rings is 1. The molecule has 0 bridgehead atoms. The van der Waals surface area contributed by atoms with Crippen LogP contribution in [0.4, 0.5) is 29.5 Å². The molecular formula is C21H24Cl2F3N5O3. The number of ether oxygens (including phenoxy) is 1. The Hall–Kier alpha value is -2.76. The normalized spacial score (nSPS) is 14.4. The highest BCUT2D eigenvalue weighted by Gasteiger charge is 2.32. The van der Waals surface area contributed by atoms with Gasteiger partial charge in [-0.05, 0) is 44.2 Å². The van der Waals surface area contributed by atoms with E-state index in [2.05, 4.69) is 39.1 Å². The van der Waals surface area contributed by atoms with E-state index < -0.39 is 24.1 Å². The number of rotatable bonds is 5. The maximum absolute atomic E-state index is 12.8. The van der Waals surface area contributed by atoms with Gasteiger partial charge in [-0.2, -0.15) is 0 Å². The van der Waals surface area contributed by atoms with Crippen molar-refractivity contribution in [2.24, 2.45) is 0 Å². The van der Waals surface area contributed by atoms with Crippen molar-refractivity contribution in [2.45, 2.75) is 26.3 Å². The Balaban J connectivity index is 0.00000408. The van der Waals surface area contributed by atoms with Crippen LogP contribution in [0.3, 0.4) is 0 Å². The smallest absolute Gasteiger partial charge is 0.406 e. The van der Waals surface area contributed by atoms with E-state index in [1.54, 1.807) is 4.90 Å². The summed E-state index contributed by atoms with van der Waals surface area (Å²) in [4.78, 5) is 33.3. The fraction of sp³-hybridized carbons (Fsp3) is 0.381. The standard InChI is InChI=1S/C21H23ClF3N5O3.ClH/c1-13(2)29-7-9-30(10-8-29)20(32)27-17-5-4-15(33-21(23,24)25)11-16(17)19(31)28-18-6-3-14(22)12-26-18;/h3-6,11-13H,7-10H2,1-2H3,(H,27,32)(H,26,28,31);1H. The first-order chi connectivity index (χ1) is 15.5. The summed E-state index contributed by atoms with van der Waals surface area (Å²) in [5.41, 5.74) is -0.185. The van der Waals surface area contributed by atoms with Gasteiger partial charge in [-0.25, -0.2) is 9.78 Å². The first-order valence-electron chi connectivity index (χ1n) is 10.1. The Morgan fingerprint density at radius 1 is 1.09 bits per heavy atom. The van der Waals surface area contributed by atoms with Crippen LogP contribution >= 0.6 is 24.0 Å². The lowest BCUT2D eigenvalue weighted by Gasteiger charge is -2.36. The maximum Gasteiger partial charge on any atom is 0.573 e. The summed E-state index contributed by atoms with van der Waals surface area (Å²) in [6.07, 6.45) is -3.63. The Labute approximate surface area is 205 Å². The number of hydrogen-bond donors (Lipinski definition) is 2. The first-order valence-corrected chi connectivity index (χ1v) is 10.5. The third-order valence-corrected chi connectivity index (χ3v) is 5.24. The van der Waals surface area contributed by atoms with Crippen LogP contribution in [0, 0.1) is 0 Å². The van der Waals surface area contributed by atoms with Gasteiger partial charge >= 0.3 is 12.4 Å². The molecule has 0 aliphatic carbocycles. The molecule has 186 valence electrons. The summed E-state index contributed by atoms with van der Waals surface area (Å²) in [5, 5.41) is 5.44. The van der Waals surface area contributed by atoms with Crippen molar-refractivity contribution < 1.29 is 27.5 Å². The van der Waals surface area contributed by atoms with Crippen molar-refractivity contribution >= 4 is 47.5 Å². The number of nitrogens with zero attached hydrogens (tertiary/aromatic N) is 3. The average Bonchev–Trinajstić information content (AvgIpc) is 2.75. The van der Waals surface area contributed by atoms with Gasteiger partial charge in [0, 0.05) is 38.4 Å². The molecular weight excluding hydrogens is 498 g/mol. The number of urea groups is 1. The zero-order valence-electron chi connectivity index (χ0n) is 18.4. The monoisotopic (exact) mass is 521 g/mol. The fourth-order valence-corrected chi connectivity index (χ4v) is 3.40. The minimum absolute atomic E-state index is 0. The Kier molecular flexibility index (Phi) is 9.37. The van der Waals surface area contributed by atoms with Gasteiger partial charge in [-0.3, -0.25) is 9.69 Å². The maximum atomic E-state index is 12.8. The van der Waals surface area contributed by atoms with Gasteiger partial charge in [0.1, 0.15) is 11.6 Å². The number of halogens is 5. The number of aromatic nitrogens is 1. The lowest BCUT2D eigenvalue weighted by atomic mass is 10.1. The molecule has 3 rings (SSSR count). The predicted molar refractivity (Wildman–Crippen MR) is 125 cm³/mol. The number of piperazine rings is 1. The van der Waals surface area contributed by atoms with E-state index in [4.69, 9.17) is 11.6 Å². The predicted octanol–water partition coefficient (Wildman–Crippen LogP) is 4.87. The third-order valence-electron chi connectivity index (χ3n) is 5.01. The van der Waals surface area contributed by atoms with Crippen LogP contribution in [0.25, 0.3) is 0 Å². The van der Waals surface area contributed by atoms with Crippen molar-refractivity contribution in [3.8, 4) is 5.75 Å². The van der Waals surface area contributed by atoms with E-state index in [9.17, 15) is 22.8 Å². The molecule has 1 aromatic heterocycles. The van der Waals surface area contributed by atoms with Crippen molar-refractivity contribution in [1.29, 1.82) is 0 Å². The molecule has 1 fully saturated rings. The van der Waals surface area contributed by atoms with Crippen molar-refractivity contribution in [3.05, 3.63) is 47.1 Å². The molecule has 1 aliphatic heterocycles. The molecule has 1 saturated heterocycles. The average molecular weight is 522 g/mol. The summed E-state index contributed by atoms with van der Waals surface area (Å²) in [6.45, 7) is 6.49. The summed E-state index contributed by atoms with van der Waals surface area (Å²) < 4.78 is 42.0. The second-order valence-corrected chi connectivity index (χ2v) is 8.05. The quantitative estimate of drug-likeness (QED) is 0.586. The number of nitrogens with one attached hydrogen (secondary N) is 2. The molecule has 0 unspecified atom stereocenters. The second-order valence-electron chi connectivity index (χ2n) is 7.62. The number of pyridine rings is 1. The zero-order valence-corrected chi connectivity index (χ0v) is 19.9. The molecule has 2 aromatic rings. The van der Waals surface area contributed by atoms with Gasteiger partial charge in [0.05, 0.1) is 16.3 Å². The second kappa shape index (κ2) is 11.6. The number of alkyl halides is 3. The van der Waals surface area contributed by atoms with E-state index >= 15 is 0 Å². The number of amides is 3. The Morgan fingerprint density at radius 3 is 2.32 bits per heavy atom. The van der Waals surface area contributed by atoms with Crippen LogP contribution in [0.5, 0.6) is 5.75 Å². The molecule has 1 aliphatic rings. The highest BCUT2D eigenvalue weighted by Crippen LogP contribution is 2.28. The lowest BCUT2D eigenvalue weighted by molar-refractivity contribution is -0.274. The lowest BCUT2D eigenvalue weighted by Crippen LogP contribution is -2.51. The molecule has 0 radical (unpaired) electrons. The van der Waals surface area contributed by atoms with Crippen molar-refractivity contribution in [1.82, 2.24) is 14.8 Å². The zero-order chi connectivity index (χ0) is 24.2. The number of carbonyl (C=O) groups is 2. The van der Waals surface area contributed by atoms with Crippen LogP contribution in [-0.2, 0) is 0 Å². The molecule has 2 heterocycles. The summed E-state index contributed by atoms with van der Waals surface area (Å²) in [7, 11) is 0. The van der Waals surface area contributed by atoms with Gasteiger partial charge < -0.3 is 20.3 Å². The van der Waals surface area contributed by atoms with Gasteiger partial charge in [0.2, 0.25) is 0 Å². The first kappa shape index (κ1) is 27.5. The third kappa shape index (κ3) is 7.64. The minimum Gasteiger partial charge on any atom is -0.406 e. The summed E-state index contributed by atoms with van der Waals surface area (Å²) >= 11 is 5.78. The van der Waals surface area contributed by atoms with E-state index in [1.165, 1.54) is 24.4 Å². The molecule has 34 heavy (non-hydrogen) atoms. The molecule has 1 aromatic carbocycles. The molecule has 0 saturated carbocycles. The SMILES string of the molecule is CC(C)N1CCN(C(=O)Nc2ccc(OC(F)(F)F)cc2C(=O)Nc2ccc(Cl)cn2)CC1.Cl. The molecule has 8 nitrogen and oxygen atoms in total. The fourth-order valence-electron chi connectivity index (χ4n) is 3.29. The molecule has 0 atom stereocenters. The van der Waals surface area contributed by atoms with Crippen molar-refractivity contribution in [3.63, 3.8) is 0 Å². The van der Waals surface area contributed by atoms with Crippen molar-refractivity contribution in [2.75, 3.05) is 36.8 Å². The number of anilines is 2. The van der Waals surface area contributed by atoms with Crippen LogP contribution in [0.1, 0.15) is 24.2 Å². The van der Waals surface area contributed by atoms with Gasteiger partial charge in [0.15, 0.2) is 0 Å². The van der Waals surface area contributed by atoms with Crippen LogP contribution < -0.4 is 15.4 Å². The highest BCUT2D eigenvalue weighted by molar-refractivity contribution is 6.30. The van der Waals surface area contributed by atoms with E-state index in [-0.39, 0.29) is 29.5 Å². The van der Waals surface area contributed by atoms with Crippen LogP contribution in [-0.4, -0.2) is 65.3 Å². The Bertz CT molecular complexity index is 998. The van der Waals surface area contributed by atoms with Gasteiger partial charge in [-0.15, -0.1) is 25.6 Å². The number of carbonyl (C=O) groups excluding carboxylic acids is 2. The Morgan fingerprint density at radius 2 is 1.76 bits per heavy atom. The molecule has 13 heteroatoms. The van der Waals surface area contributed by atoms with E-state index in [1.807, 2.05) is 0 Å². The van der Waals surface area contributed by atoms with Crippen LogP contribution in [0.2, 0.25) is 5.02 Å². The summed E-state index contributed by atoms with van der Waals surface area (Å²) in [5.74, 6) is -1.24. The molecule has 2 N–H and O–H groups in total. The molecule has 3 amide bonds.